The topological polar surface area (TPSA) is 34.4 Å². The van der Waals surface area contributed by atoms with Crippen molar-refractivity contribution in [2.24, 2.45) is 0 Å². The van der Waals surface area contributed by atoms with Crippen molar-refractivity contribution in [3.63, 3.8) is 0 Å². The zero-order valence-corrected chi connectivity index (χ0v) is 9.28. The van der Waals surface area contributed by atoms with Gasteiger partial charge in [0, 0.05) is 17.1 Å². The van der Waals surface area contributed by atoms with Crippen LogP contribution >= 0.6 is 15.9 Å². The van der Waals surface area contributed by atoms with E-state index >= 15 is 0 Å². The molecule has 0 aliphatic heterocycles. The van der Waals surface area contributed by atoms with Gasteiger partial charge in [-0.2, -0.15) is 0 Å². The summed E-state index contributed by atoms with van der Waals surface area (Å²) < 4.78 is 2.84. The van der Waals surface area contributed by atoms with Crippen LogP contribution in [0.25, 0.3) is 5.52 Å². The molecule has 0 bridgehead atoms. The van der Waals surface area contributed by atoms with E-state index in [2.05, 4.69) is 20.9 Å². The molecule has 14 heavy (non-hydrogen) atoms. The third-order valence-electron chi connectivity index (χ3n) is 2.14. The molecule has 0 radical (unpaired) electrons. The highest BCUT2D eigenvalue weighted by Crippen LogP contribution is 2.21. The lowest BCUT2D eigenvalue weighted by Crippen LogP contribution is -1.91. The van der Waals surface area contributed by atoms with Gasteiger partial charge < -0.3 is 4.40 Å². The van der Waals surface area contributed by atoms with Crippen LogP contribution < -0.4 is 0 Å². The van der Waals surface area contributed by atoms with Crippen molar-refractivity contribution in [1.82, 2.24) is 9.38 Å². The van der Waals surface area contributed by atoms with E-state index in [1.54, 1.807) is 0 Å². The fraction of sp³-hybridized carbons (Fsp3) is 0.200. The fourth-order valence-corrected chi connectivity index (χ4v) is 2.07. The summed E-state index contributed by atoms with van der Waals surface area (Å²) in [6.45, 7) is 2.02. The second kappa shape index (κ2) is 3.53. The quantitative estimate of drug-likeness (QED) is 0.770. The molecule has 0 aliphatic carbocycles. The van der Waals surface area contributed by atoms with Gasteiger partial charge in [0.05, 0.1) is 5.52 Å². The summed E-state index contributed by atoms with van der Waals surface area (Å²) in [5.74, 6) is 0.906. The zero-order valence-electron chi connectivity index (χ0n) is 7.70. The number of carbonyl (C=O) groups excluding carboxylic acids is 1. The lowest BCUT2D eigenvalue weighted by Gasteiger charge is -1.98. The van der Waals surface area contributed by atoms with Gasteiger partial charge in [-0.15, -0.1) is 0 Å². The minimum Gasteiger partial charge on any atom is -0.302 e. The molecule has 0 saturated heterocycles. The third kappa shape index (κ3) is 1.26. The molecule has 2 rings (SSSR count). The lowest BCUT2D eigenvalue weighted by atomic mass is 10.3. The Morgan fingerprint density at radius 2 is 2.43 bits per heavy atom. The molecule has 4 heteroatoms. The predicted molar refractivity (Wildman–Crippen MR) is 57.7 cm³/mol. The second-order valence-electron chi connectivity index (χ2n) is 2.96. The Balaban J connectivity index is 2.89. The number of fused-ring (bicyclic) bond motifs is 1. The summed E-state index contributed by atoms with van der Waals surface area (Å²) in [6, 6.07) is 3.83. The van der Waals surface area contributed by atoms with E-state index in [4.69, 9.17) is 0 Å². The zero-order chi connectivity index (χ0) is 10.1. The molecule has 0 atom stereocenters. The summed E-state index contributed by atoms with van der Waals surface area (Å²) in [5.41, 5.74) is 1.34. The summed E-state index contributed by atoms with van der Waals surface area (Å²) in [6.07, 6.45) is 3.52. The number of carbonyl (C=O) groups is 1. The number of pyridine rings is 1. The Morgan fingerprint density at radius 3 is 3.07 bits per heavy atom. The summed E-state index contributed by atoms with van der Waals surface area (Å²) >= 11 is 3.41. The smallest absolute Gasteiger partial charge is 0.170 e. The normalized spacial score (nSPS) is 10.7. The van der Waals surface area contributed by atoms with Gasteiger partial charge in [-0.25, -0.2) is 4.98 Å². The summed E-state index contributed by atoms with van der Waals surface area (Å²) in [7, 11) is 0. The summed E-state index contributed by atoms with van der Waals surface area (Å²) in [4.78, 5) is 15.1. The maximum Gasteiger partial charge on any atom is 0.170 e. The van der Waals surface area contributed by atoms with Crippen molar-refractivity contribution in [3.05, 3.63) is 34.3 Å². The third-order valence-corrected chi connectivity index (χ3v) is 2.78. The van der Waals surface area contributed by atoms with Gasteiger partial charge in [0.2, 0.25) is 0 Å². The Kier molecular flexibility index (Phi) is 2.37. The molecule has 2 aromatic rings. The van der Waals surface area contributed by atoms with Gasteiger partial charge in [-0.05, 0) is 28.1 Å². The van der Waals surface area contributed by atoms with E-state index in [0.29, 0.717) is 5.69 Å². The lowest BCUT2D eigenvalue weighted by molar-refractivity contribution is 0.112. The Hall–Kier alpha value is -1.16. The molecule has 0 aromatic carbocycles. The molecular weight excluding hydrogens is 244 g/mol. The first-order valence-corrected chi connectivity index (χ1v) is 5.17. The van der Waals surface area contributed by atoms with Crippen LogP contribution in [0, 0.1) is 0 Å². The van der Waals surface area contributed by atoms with E-state index in [1.165, 1.54) is 0 Å². The number of aromatic nitrogens is 2. The molecule has 0 aliphatic rings. The van der Waals surface area contributed by atoms with Gasteiger partial charge in [0.25, 0.3) is 0 Å². The first-order chi connectivity index (χ1) is 6.77. The van der Waals surface area contributed by atoms with Gasteiger partial charge in [-0.3, -0.25) is 4.79 Å². The number of aldehydes is 1. The van der Waals surface area contributed by atoms with Crippen molar-refractivity contribution in [1.29, 1.82) is 0 Å². The molecule has 0 fully saturated rings. The van der Waals surface area contributed by atoms with Crippen LogP contribution in [0.4, 0.5) is 0 Å². The first-order valence-electron chi connectivity index (χ1n) is 4.38. The van der Waals surface area contributed by atoms with Crippen molar-refractivity contribution in [2.45, 2.75) is 13.3 Å². The van der Waals surface area contributed by atoms with Gasteiger partial charge >= 0.3 is 0 Å². The summed E-state index contributed by atoms with van der Waals surface area (Å²) in [5, 5.41) is 0. The van der Waals surface area contributed by atoms with Crippen LogP contribution in [0.3, 0.4) is 0 Å². The number of imidazole rings is 1. The highest BCUT2D eigenvalue weighted by atomic mass is 79.9. The maximum atomic E-state index is 10.8. The molecule has 0 unspecified atom stereocenters. The van der Waals surface area contributed by atoms with Crippen LogP contribution in [0.5, 0.6) is 0 Å². The number of rotatable bonds is 2. The predicted octanol–water partition coefficient (Wildman–Crippen LogP) is 2.47. The number of hydrogen-bond donors (Lipinski definition) is 0. The molecule has 0 saturated carbocycles. The van der Waals surface area contributed by atoms with E-state index < -0.39 is 0 Å². The van der Waals surface area contributed by atoms with Gasteiger partial charge in [0.15, 0.2) is 6.29 Å². The van der Waals surface area contributed by atoms with Gasteiger partial charge in [0.1, 0.15) is 11.5 Å². The molecule has 3 nitrogen and oxygen atoms in total. The van der Waals surface area contributed by atoms with Crippen molar-refractivity contribution in [2.75, 3.05) is 0 Å². The van der Waals surface area contributed by atoms with Gasteiger partial charge in [-0.1, -0.05) is 6.92 Å². The van der Waals surface area contributed by atoms with Crippen LogP contribution in [0.1, 0.15) is 23.2 Å². The molecule has 2 aromatic heterocycles. The molecule has 2 heterocycles. The van der Waals surface area contributed by atoms with E-state index in [9.17, 15) is 4.79 Å². The largest absolute Gasteiger partial charge is 0.302 e. The SMILES string of the molecule is CCc1nc(C=O)c2c(Br)cccn12. The minimum atomic E-state index is 0.495. The highest BCUT2D eigenvalue weighted by Gasteiger charge is 2.10. The van der Waals surface area contributed by atoms with Crippen molar-refractivity contribution >= 4 is 27.7 Å². The highest BCUT2D eigenvalue weighted by molar-refractivity contribution is 9.10. The monoisotopic (exact) mass is 252 g/mol. The molecular formula is C10H9BrN2O. The average Bonchev–Trinajstić information content (AvgIpc) is 2.57. The van der Waals surface area contributed by atoms with E-state index in [-0.39, 0.29) is 0 Å². The minimum absolute atomic E-state index is 0.495. The van der Waals surface area contributed by atoms with E-state index in [0.717, 1.165) is 28.5 Å². The number of aryl methyl sites for hydroxylation is 1. The van der Waals surface area contributed by atoms with Crippen LogP contribution in [-0.4, -0.2) is 15.7 Å². The van der Waals surface area contributed by atoms with Crippen LogP contribution in [-0.2, 0) is 6.42 Å². The number of halogens is 1. The average molecular weight is 253 g/mol. The second-order valence-corrected chi connectivity index (χ2v) is 3.81. The molecule has 72 valence electrons. The van der Waals surface area contributed by atoms with Crippen LogP contribution in [0.2, 0.25) is 0 Å². The molecule has 0 N–H and O–H groups in total. The Morgan fingerprint density at radius 1 is 1.64 bits per heavy atom. The Labute approximate surface area is 89.9 Å². The fourth-order valence-electron chi connectivity index (χ4n) is 1.52. The molecule has 0 spiro atoms. The maximum absolute atomic E-state index is 10.8. The number of hydrogen-bond acceptors (Lipinski definition) is 2. The standard InChI is InChI=1S/C10H9BrN2O/c1-2-9-12-8(6-14)10-7(11)4-3-5-13(9)10/h3-6H,2H2,1H3. The van der Waals surface area contributed by atoms with Crippen molar-refractivity contribution < 1.29 is 4.79 Å². The van der Waals surface area contributed by atoms with Crippen LogP contribution in [0.15, 0.2) is 22.8 Å². The first kappa shape index (κ1) is 9.40. The molecule has 0 amide bonds. The van der Waals surface area contributed by atoms with E-state index in [1.807, 2.05) is 29.7 Å². The van der Waals surface area contributed by atoms with Crippen molar-refractivity contribution in [3.8, 4) is 0 Å². The number of nitrogens with zero attached hydrogens (tertiary/aromatic N) is 2. The Bertz CT molecular complexity index is 490.